The molecule has 2 unspecified atom stereocenters. The Morgan fingerprint density at radius 1 is 1.35 bits per heavy atom. The van der Waals surface area contributed by atoms with Crippen molar-refractivity contribution >= 4 is 11.9 Å². The zero-order chi connectivity index (χ0) is 18.5. The Balaban J connectivity index is 1.44. The zero-order valence-corrected chi connectivity index (χ0v) is 15.5. The molecule has 142 valence electrons. The lowest BCUT2D eigenvalue weighted by molar-refractivity contribution is -0.149. The van der Waals surface area contributed by atoms with Crippen LogP contribution in [0.5, 0.6) is 0 Å². The van der Waals surface area contributed by atoms with Gasteiger partial charge < -0.3 is 14.5 Å². The molecule has 0 radical (unpaired) electrons. The van der Waals surface area contributed by atoms with Gasteiger partial charge in [-0.05, 0) is 12.8 Å². The molecule has 0 spiro atoms. The number of rotatable bonds is 5. The second-order valence-electron chi connectivity index (χ2n) is 8.55. The molecular formula is C19H27N3O4. The van der Waals surface area contributed by atoms with E-state index in [0.717, 1.165) is 30.7 Å². The molecule has 3 aliphatic rings. The summed E-state index contributed by atoms with van der Waals surface area (Å²) in [6, 6.07) is 1.96. The van der Waals surface area contributed by atoms with Crippen LogP contribution in [0.15, 0.2) is 10.6 Å². The van der Waals surface area contributed by atoms with Gasteiger partial charge in [0, 0.05) is 56.5 Å². The molecule has 2 saturated heterocycles. The lowest BCUT2D eigenvalue weighted by Crippen LogP contribution is -2.44. The lowest BCUT2D eigenvalue weighted by Gasteiger charge is -2.31. The SMILES string of the molecule is CC(C)c1cc(CN2CC3CN(C(=O)C4CCC4)CC3(C(=O)O)C2)no1. The van der Waals surface area contributed by atoms with E-state index in [1.165, 1.54) is 0 Å². The average molecular weight is 361 g/mol. The third kappa shape index (κ3) is 2.82. The van der Waals surface area contributed by atoms with Gasteiger partial charge in [0.15, 0.2) is 0 Å². The number of carbonyl (C=O) groups is 2. The van der Waals surface area contributed by atoms with Gasteiger partial charge in [0.1, 0.15) is 11.2 Å². The Morgan fingerprint density at radius 2 is 2.12 bits per heavy atom. The van der Waals surface area contributed by atoms with Crippen LogP contribution in [0, 0.1) is 17.3 Å². The smallest absolute Gasteiger partial charge is 0.313 e. The van der Waals surface area contributed by atoms with Gasteiger partial charge >= 0.3 is 5.97 Å². The second kappa shape index (κ2) is 6.37. The van der Waals surface area contributed by atoms with Gasteiger partial charge in [-0.3, -0.25) is 14.5 Å². The Labute approximate surface area is 153 Å². The van der Waals surface area contributed by atoms with Crippen molar-refractivity contribution in [2.75, 3.05) is 26.2 Å². The van der Waals surface area contributed by atoms with E-state index >= 15 is 0 Å². The molecule has 7 nitrogen and oxygen atoms in total. The minimum Gasteiger partial charge on any atom is -0.481 e. The highest BCUT2D eigenvalue weighted by Gasteiger charge is 2.58. The summed E-state index contributed by atoms with van der Waals surface area (Å²) >= 11 is 0. The lowest BCUT2D eigenvalue weighted by atomic mass is 9.81. The van der Waals surface area contributed by atoms with Crippen LogP contribution in [0.4, 0.5) is 0 Å². The second-order valence-corrected chi connectivity index (χ2v) is 8.55. The van der Waals surface area contributed by atoms with Crippen molar-refractivity contribution in [1.82, 2.24) is 15.0 Å². The minimum atomic E-state index is -0.843. The summed E-state index contributed by atoms with van der Waals surface area (Å²) in [5, 5.41) is 14.1. The number of carbonyl (C=O) groups excluding carboxylic acids is 1. The summed E-state index contributed by atoms with van der Waals surface area (Å²) in [6.45, 7) is 6.76. The largest absolute Gasteiger partial charge is 0.481 e. The summed E-state index contributed by atoms with van der Waals surface area (Å²) < 4.78 is 5.35. The van der Waals surface area contributed by atoms with Crippen molar-refractivity contribution in [2.45, 2.75) is 45.6 Å². The third-order valence-corrected chi connectivity index (χ3v) is 6.40. The Morgan fingerprint density at radius 3 is 2.65 bits per heavy atom. The van der Waals surface area contributed by atoms with Crippen LogP contribution in [0.25, 0.3) is 0 Å². The number of amides is 1. The average Bonchev–Trinajstić information content (AvgIpc) is 3.18. The molecule has 1 aromatic rings. The normalized spacial score (nSPS) is 29.2. The summed E-state index contributed by atoms with van der Waals surface area (Å²) in [4.78, 5) is 28.6. The van der Waals surface area contributed by atoms with E-state index in [0.29, 0.717) is 32.7 Å². The molecule has 0 aromatic carbocycles. The number of hydrogen-bond acceptors (Lipinski definition) is 5. The van der Waals surface area contributed by atoms with Crippen molar-refractivity contribution in [2.24, 2.45) is 17.3 Å². The first kappa shape index (κ1) is 17.5. The zero-order valence-electron chi connectivity index (χ0n) is 15.5. The van der Waals surface area contributed by atoms with E-state index in [-0.39, 0.29) is 23.7 Å². The number of likely N-dealkylation sites (tertiary alicyclic amines) is 2. The fraction of sp³-hybridized carbons (Fsp3) is 0.737. The fourth-order valence-electron chi connectivity index (χ4n) is 4.58. The Bertz CT molecular complexity index is 711. The van der Waals surface area contributed by atoms with Gasteiger partial charge in [-0.25, -0.2) is 0 Å². The number of fused-ring (bicyclic) bond motifs is 1. The van der Waals surface area contributed by atoms with Crippen molar-refractivity contribution < 1.29 is 19.2 Å². The van der Waals surface area contributed by atoms with Crippen LogP contribution in [0.3, 0.4) is 0 Å². The molecule has 1 N–H and O–H groups in total. The van der Waals surface area contributed by atoms with E-state index in [1.807, 2.05) is 11.0 Å². The Kier molecular flexibility index (Phi) is 4.29. The van der Waals surface area contributed by atoms with Crippen LogP contribution < -0.4 is 0 Å². The van der Waals surface area contributed by atoms with Gasteiger partial charge in [0.05, 0.1) is 5.69 Å². The number of aliphatic carboxylic acids is 1. The maximum atomic E-state index is 12.6. The van der Waals surface area contributed by atoms with Crippen molar-refractivity contribution in [1.29, 1.82) is 0 Å². The first-order valence-electron chi connectivity index (χ1n) is 9.59. The quantitative estimate of drug-likeness (QED) is 0.862. The summed E-state index contributed by atoms with van der Waals surface area (Å²) in [5.41, 5.74) is 0.000853. The van der Waals surface area contributed by atoms with Crippen molar-refractivity contribution in [3.8, 4) is 0 Å². The Hall–Kier alpha value is -1.89. The standard InChI is InChI=1S/C19H27N3O4/c1-12(2)16-6-15(20-26-16)9-21-7-14-8-22(17(23)13-4-3-5-13)11-19(14,10-21)18(24)25/h6,12-14H,3-5,7-11H2,1-2H3,(H,24,25). The summed E-state index contributed by atoms with van der Waals surface area (Å²) in [5.74, 6) is 0.629. The molecule has 1 aliphatic carbocycles. The highest BCUT2D eigenvalue weighted by atomic mass is 16.5. The molecule has 7 heteroatoms. The predicted molar refractivity (Wildman–Crippen MR) is 93.3 cm³/mol. The number of aromatic nitrogens is 1. The molecule has 4 rings (SSSR count). The van der Waals surface area contributed by atoms with Gasteiger partial charge in [-0.2, -0.15) is 0 Å². The topological polar surface area (TPSA) is 86.9 Å². The summed E-state index contributed by atoms with van der Waals surface area (Å²) in [7, 11) is 0. The van der Waals surface area contributed by atoms with Gasteiger partial charge in [0.25, 0.3) is 0 Å². The highest BCUT2D eigenvalue weighted by Crippen LogP contribution is 2.44. The molecule has 1 aromatic heterocycles. The summed E-state index contributed by atoms with van der Waals surface area (Å²) in [6.07, 6.45) is 3.02. The van der Waals surface area contributed by atoms with Crippen LogP contribution >= 0.6 is 0 Å². The van der Waals surface area contributed by atoms with Crippen LogP contribution in [0.1, 0.15) is 50.5 Å². The van der Waals surface area contributed by atoms with E-state index < -0.39 is 11.4 Å². The van der Waals surface area contributed by atoms with Crippen molar-refractivity contribution in [3.05, 3.63) is 17.5 Å². The molecule has 3 fully saturated rings. The first-order valence-corrected chi connectivity index (χ1v) is 9.59. The van der Waals surface area contributed by atoms with Crippen LogP contribution in [-0.4, -0.2) is 58.1 Å². The molecule has 2 aliphatic heterocycles. The van der Waals surface area contributed by atoms with E-state index in [9.17, 15) is 14.7 Å². The monoisotopic (exact) mass is 361 g/mol. The number of carboxylic acid groups (broad SMARTS) is 1. The fourth-order valence-corrected chi connectivity index (χ4v) is 4.58. The molecular weight excluding hydrogens is 334 g/mol. The molecule has 3 heterocycles. The first-order chi connectivity index (χ1) is 12.4. The van der Waals surface area contributed by atoms with E-state index in [4.69, 9.17) is 4.52 Å². The van der Waals surface area contributed by atoms with Gasteiger partial charge in [-0.1, -0.05) is 25.4 Å². The van der Waals surface area contributed by atoms with Crippen LogP contribution in [-0.2, 0) is 16.1 Å². The number of carboxylic acids is 1. The maximum absolute atomic E-state index is 12.6. The van der Waals surface area contributed by atoms with E-state index in [2.05, 4.69) is 23.9 Å². The van der Waals surface area contributed by atoms with Crippen LogP contribution in [0.2, 0.25) is 0 Å². The van der Waals surface area contributed by atoms with E-state index in [1.54, 1.807) is 0 Å². The molecule has 1 amide bonds. The number of nitrogens with zero attached hydrogens (tertiary/aromatic N) is 3. The van der Waals surface area contributed by atoms with Gasteiger partial charge in [0.2, 0.25) is 5.91 Å². The molecule has 26 heavy (non-hydrogen) atoms. The molecule has 2 atom stereocenters. The third-order valence-electron chi connectivity index (χ3n) is 6.40. The predicted octanol–water partition coefficient (Wildman–Crippen LogP) is 1.94. The maximum Gasteiger partial charge on any atom is 0.313 e. The molecule has 1 saturated carbocycles. The molecule has 0 bridgehead atoms. The minimum absolute atomic E-state index is 0.0134. The van der Waals surface area contributed by atoms with Crippen molar-refractivity contribution in [3.63, 3.8) is 0 Å². The number of hydrogen-bond donors (Lipinski definition) is 1. The highest BCUT2D eigenvalue weighted by molar-refractivity contribution is 5.83. The van der Waals surface area contributed by atoms with Gasteiger partial charge in [-0.15, -0.1) is 0 Å².